The molecule has 4 aromatic rings. The highest BCUT2D eigenvalue weighted by atomic mass is 16.5. The number of nitrogens with one attached hydrogen (secondary N) is 1. The van der Waals surface area contributed by atoms with Gasteiger partial charge in [0.05, 0.1) is 11.8 Å². The fourth-order valence-corrected chi connectivity index (χ4v) is 2.25. The second-order valence-corrected chi connectivity index (χ2v) is 4.93. The number of nitrogens with two attached hydrogens (primary N) is 1. The third-order valence-corrected chi connectivity index (χ3v) is 3.44. The van der Waals surface area contributed by atoms with Crippen molar-refractivity contribution in [3.05, 3.63) is 55.0 Å². The zero-order valence-electron chi connectivity index (χ0n) is 12.0. The molecule has 0 saturated carbocycles. The molecular formula is C16H12N6O. The van der Waals surface area contributed by atoms with Gasteiger partial charge in [-0.1, -0.05) is 23.4 Å². The van der Waals surface area contributed by atoms with Crippen molar-refractivity contribution in [3.63, 3.8) is 0 Å². The third-order valence-electron chi connectivity index (χ3n) is 3.44. The molecule has 0 aliphatic carbocycles. The lowest BCUT2D eigenvalue weighted by molar-refractivity contribution is 0.432. The molecule has 4 rings (SSSR count). The van der Waals surface area contributed by atoms with Crippen LogP contribution in [0, 0.1) is 0 Å². The second kappa shape index (κ2) is 5.38. The molecule has 0 amide bonds. The van der Waals surface area contributed by atoms with Crippen molar-refractivity contribution < 1.29 is 4.52 Å². The van der Waals surface area contributed by atoms with E-state index in [1.165, 1.54) is 0 Å². The van der Waals surface area contributed by atoms with Gasteiger partial charge >= 0.3 is 0 Å². The molecule has 1 aromatic carbocycles. The Kier molecular flexibility index (Phi) is 3.09. The Labute approximate surface area is 131 Å². The summed E-state index contributed by atoms with van der Waals surface area (Å²) in [5.41, 5.74) is 9.21. The fourth-order valence-electron chi connectivity index (χ4n) is 2.25. The summed E-state index contributed by atoms with van der Waals surface area (Å²) in [6, 6.07) is 11.4. The Morgan fingerprint density at radius 3 is 2.65 bits per heavy atom. The molecule has 3 aromatic heterocycles. The van der Waals surface area contributed by atoms with E-state index >= 15 is 0 Å². The van der Waals surface area contributed by atoms with Crippen LogP contribution in [-0.4, -0.2) is 25.3 Å². The molecule has 0 spiro atoms. The van der Waals surface area contributed by atoms with Crippen LogP contribution in [0.3, 0.4) is 0 Å². The number of nitrogen functional groups attached to an aromatic ring is 1. The SMILES string of the molecule is Nc1ncc(-c2cn[nH]c2)cc1-c1noc(-c2ccccc2)n1. The lowest BCUT2D eigenvalue weighted by atomic mass is 10.1. The van der Waals surface area contributed by atoms with Gasteiger partial charge in [0.25, 0.3) is 5.89 Å². The minimum atomic E-state index is 0.345. The predicted molar refractivity (Wildman–Crippen MR) is 85.0 cm³/mol. The average molecular weight is 304 g/mol. The molecule has 0 fully saturated rings. The van der Waals surface area contributed by atoms with Crippen LogP contribution in [0.15, 0.2) is 59.5 Å². The summed E-state index contributed by atoms with van der Waals surface area (Å²) >= 11 is 0. The molecule has 0 atom stereocenters. The maximum absolute atomic E-state index is 5.97. The summed E-state index contributed by atoms with van der Waals surface area (Å²) in [5.74, 6) is 1.19. The van der Waals surface area contributed by atoms with Crippen LogP contribution in [0.4, 0.5) is 5.82 Å². The first kappa shape index (κ1) is 13.2. The van der Waals surface area contributed by atoms with E-state index in [2.05, 4.69) is 25.3 Å². The Morgan fingerprint density at radius 2 is 1.87 bits per heavy atom. The first-order valence-electron chi connectivity index (χ1n) is 6.95. The van der Waals surface area contributed by atoms with E-state index in [0.717, 1.165) is 16.7 Å². The smallest absolute Gasteiger partial charge is 0.258 e. The number of pyridine rings is 1. The van der Waals surface area contributed by atoms with Crippen LogP contribution in [-0.2, 0) is 0 Å². The Balaban J connectivity index is 1.76. The standard InChI is InChI=1S/C16H12N6O/c17-14-13(6-11(7-18-14)12-8-19-20-9-12)15-21-16(23-22-15)10-4-2-1-3-5-10/h1-9H,(H2,17,18)(H,19,20). The molecule has 3 heterocycles. The predicted octanol–water partition coefficient (Wildman–Crippen LogP) is 2.77. The summed E-state index contributed by atoms with van der Waals surface area (Å²) in [6.07, 6.45) is 5.17. The lowest BCUT2D eigenvalue weighted by Crippen LogP contribution is -1.96. The van der Waals surface area contributed by atoms with Gasteiger partial charge in [-0.2, -0.15) is 10.1 Å². The minimum Gasteiger partial charge on any atom is -0.383 e. The Morgan fingerprint density at radius 1 is 1.00 bits per heavy atom. The highest BCUT2D eigenvalue weighted by molar-refractivity contribution is 5.75. The van der Waals surface area contributed by atoms with Crippen LogP contribution >= 0.6 is 0 Å². The topological polar surface area (TPSA) is 107 Å². The molecule has 0 unspecified atom stereocenters. The summed E-state index contributed by atoms with van der Waals surface area (Å²) in [5, 5.41) is 10.7. The zero-order chi connectivity index (χ0) is 15.6. The number of rotatable bonds is 3. The summed E-state index contributed by atoms with van der Waals surface area (Å²) in [7, 11) is 0. The fraction of sp³-hybridized carbons (Fsp3) is 0. The van der Waals surface area contributed by atoms with E-state index < -0.39 is 0 Å². The van der Waals surface area contributed by atoms with Crippen molar-refractivity contribution in [1.82, 2.24) is 25.3 Å². The number of benzene rings is 1. The maximum Gasteiger partial charge on any atom is 0.258 e. The normalized spacial score (nSPS) is 10.8. The van der Waals surface area contributed by atoms with Crippen molar-refractivity contribution in [1.29, 1.82) is 0 Å². The van der Waals surface area contributed by atoms with Gasteiger partial charge in [-0.3, -0.25) is 5.10 Å². The van der Waals surface area contributed by atoms with Crippen molar-refractivity contribution in [2.45, 2.75) is 0 Å². The van der Waals surface area contributed by atoms with Gasteiger partial charge in [0, 0.05) is 29.1 Å². The van der Waals surface area contributed by atoms with Crippen LogP contribution in [0.25, 0.3) is 34.0 Å². The van der Waals surface area contributed by atoms with Gasteiger partial charge in [0.1, 0.15) is 5.82 Å². The van der Waals surface area contributed by atoms with Crippen LogP contribution in [0.5, 0.6) is 0 Å². The third kappa shape index (κ3) is 2.44. The number of aromatic nitrogens is 5. The van der Waals surface area contributed by atoms with Gasteiger partial charge in [-0.05, 0) is 18.2 Å². The number of hydrogen-bond acceptors (Lipinski definition) is 6. The molecule has 0 saturated heterocycles. The molecule has 3 N–H and O–H groups in total. The first-order chi connectivity index (χ1) is 11.3. The van der Waals surface area contributed by atoms with E-state index in [0.29, 0.717) is 23.1 Å². The Bertz CT molecular complexity index is 930. The van der Waals surface area contributed by atoms with Crippen molar-refractivity contribution in [2.75, 3.05) is 5.73 Å². The summed E-state index contributed by atoms with van der Waals surface area (Å²) in [4.78, 5) is 8.62. The highest BCUT2D eigenvalue weighted by Gasteiger charge is 2.15. The van der Waals surface area contributed by atoms with E-state index in [-0.39, 0.29) is 0 Å². The molecule has 0 radical (unpaired) electrons. The molecule has 0 bridgehead atoms. The molecule has 0 aliphatic rings. The van der Waals surface area contributed by atoms with Gasteiger partial charge < -0.3 is 10.3 Å². The monoisotopic (exact) mass is 304 g/mol. The van der Waals surface area contributed by atoms with Crippen LogP contribution in [0.2, 0.25) is 0 Å². The van der Waals surface area contributed by atoms with Crippen LogP contribution < -0.4 is 5.73 Å². The number of aromatic amines is 1. The summed E-state index contributed by atoms with van der Waals surface area (Å²) < 4.78 is 5.33. The number of nitrogens with zero attached hydrogens (tertiary/aromatic N) is 4. The number of H-pyrrole nitrogens is 1. The average Bonchev–Trinajstić information content (AvgIpc) is 3.28. The van der Waals surface area contributed by atoms with E-state index in [1.54, 1.807) is 18.6 Å². The lowest BCUT2D eigenvalue weighted by Gasteiger charge is -2.02. The minimum absolute atomic E-state index is 0.345. The molecule has 23 heavy (non-hydrogen) atoms. The van der Waals surface area contributed by atoms with Gasteiger partial charge in [0.2, 0.25) is 5.82 Å². The molecule has 7 nitrogen and oxygen atoms in total. The second-order valence-electron chi connectivity index (χ2n) is 4.93. The van der Waals surface area contributed by atoms with Crippen molar-refractivity contribution >= 4 is 5.82 Å². The zero-order valence-corrected chi connectivity index (χ0v) is 12.0. The number of anilines is 1. The maximum atomic E-state index is 5.97. The molecule has 112 valence electrons. The molecule has 7 heteroatoms. The van der Waals surface area contributed by atoms with Gasteiger partial charge in [-0.15, -0.1) is 0 Å². The molecular weight excluding hydrogens is 292 g/mol. The largest absolute Gasteiger partial charge is 0.383 e. The van der Waals surface area contributed by atoms with E-state index in [4.69, 9.17) is 10.3 Å². The molecule has 0 aliphatic heterocycles. The van der Waals surface area contributed by atoms with E-state index in [1.807, 2.05) is 36.4 Å². The van der Waals surface area contributed by atoms with E-state index in [9.17, 15) is 0 Å². The van der Waals surface area contributed by atoms with Crippen molar-refractivity contribution in [2.24, 2.45) is 0 Å². The number of hydrogen-bond donors (Lipinski definition) is 2. The van der Waals surface area contributed by atoms with Gasteiger partial charge in [-0.25, -0.2) is 4.98 Å². The van der Waals surface area contributed by atoms with Gasteiger partial charge in [0.15, 0.2) is 0 Å². The van der Waals surface area contributed by atoms with Crippen molar-refractivity contribution in [3.8, 4) is 34.0 Å². The first-order valence-corrected chi connectivity index (χ1v) is 6.95. The van der Waals surface area contributed by atoms with Crippen LogP contribution in [0.1, 0.15) is 0 Å². The summed E-state index contributed by atoms with van der Waals surface area (Å²) in [6.45, 7) is 0. The Hall–Kier alpha value is -3.48. The quantitative estimate of drug-likeness (QED) is 0.602. The highest BCUT2D eigenvalue weighted by Crippen LogP contribution is 2.29.